The third-order valence-electron chi connectivity index (χ3n) is 13.0. The molecule has 0 bridgehead atoms. The topological polar surface area (TPSA) is 3.24 Å². The lowest BCUT2D eigenvalue weighted by Gasteiger charge is -2.34. The number of hydrogen-bond donors (Lipinski definition) is 0. The van der Waals surface area contributed by atoms with Crippen molar-refractivity contribution in [1.29, 1.82) is 0 Å². The Morgan fingerprint density at radius 1 is 0.623 bits per heavy atom. The van der Waals surface area contributed by atoms with Gasteiger partial charge in [-0.2, -0.15) is 0 Å². The summed E-state index contributed by atoms with van der Waals surface area (Å²) >= 11 is 0. The van der Waals surface area contributed by atoms with Gasteiger partial charge >= 0.3 is 0 Å². The molecular formula is C52H45N. The Balaban J connectivity index is 1.11. The Hall–Kier alpha value is -5.66. The zero-order chi connectivity index (χ0) is 35.9. The van der Waals surface area contributed by atoms with Crippen LogP contribution in [0, 0.1) is 5.92 Å². The quantitative estimate of drug-likeness (QED) is 0.175. The van der Waals surface area contributed by atoms with Gasteiger partial charge in [0.2, 0.25) is 0 Å². The van der Waals surface area contributed by atoms with Crippen LogP contribution in [0.1, 0.15) is 73.8 Å². The molecule has 0 heterocycles. The highest BCUT2D eigenvalue weighted by atomic mass is 15.1. The molecule has 0 saturated heterocycles. The Labute approximate surface area is 314 Å². The summed E-state index contributed by atoms with van der Waals surface area (Å²) in [5, 5.41) is 2.51. The van der Waals surface area contributed by atoms with E-state index in [2.05, 4.69) is 203 Å². The Kier molecular flexibility index (Phi) is 7.21. The van der Waals surface area contributed by atoms with Crippen molar-refractivity contribution < 1.29 is 0 Å². The molecule has 0 amide bonds. The fraction of sp³-hybridized carbons (Fsp3) is 0.192. The van der Waals surface area contributed by atoms with Gasteiger partial charge in [-0.3, -0.25) is 0 Å². The molecular weight excluding hydrogens is 639 g/mol. The molecule has 1 heteroatoms. The molecule has 6 aromatic carbocycles. The lowest BCUT2D eigenvalue weighted by Crippen LogP contribution is -2.25. The van der Waals surface area contributed by atoms with Crippen LogP contribution in [0.15, 0.2) is 181 Å². The average Bonchev–Trinajstić information content (AvgIpc) is 3.57. The first-order chi connectivity index (χ1) is 25.8. The first kappa shape index (κ1) is 32.0. The summed E-state index contributed by atoms with van der Waals surface area (Å²) in [7, 11) is 0. The molecule has 4 aliphatic rings. The van der Waals surface area contributed by atoms with Crippen molar-refractivity contribution in [1.82, 2.24) is 0 Å². The molecule has 6 aromatic rings. The third-order valence-corrected chi connectivity index (χ3v) is 13.0. The second-order valence-corrected chi connectivity index (χ2v) is 16.5. The lowest BCUT2D eigenvalue weighted by molar-refractivity contribution is 0.395. The maximum absolute atomic E-state index is 2.54. The van der Waals surface area contributed by atoms with E-state index in [4.69, 9.17) is 0 Å². The Bertz CT molecular complexity index is 2540. The van der Waals surface area contributed by atoms with Gasteiger partial charge in [0.25, 0.3) is 0 Å². The summed E-state index contributed by atoms with van der Waals surface area (Å²) < 4.78 is 0. The van der Waals surface area contributed by atoms with Crippen molar-refractivity contribution in [3.63, 3.8) is 0 Å². The van der Waals surface area contributed by atoms with Gasteiger partial charge < -0.3 is 4.90 Å². The standard InChI is InChI=1S/C52H45N/c1-51(2)45-20-12-10-18-41(45)43-29-24-37(32-47(43)51)34-22-26-38(27-23-34)53(39-28-30-44-42-19-11-13-21-46(42)52(3,4)48(44)33-39)49-31-25-35-14-8-9-17-40(35)50(49)36-15-6-5-7-16-36/h5-29,31-33,43-44,47H,30H2,1-4H3. The number of fused-ring (bicyclic) bond motifs is 7. The largest absolute Gasteiger partial charge is 0.310 e. The monoisotopic (exact) mass is 683 g/mol. The summed E-state index contributed by atoms with van der Waals surface area (Å²) in [6.07, 6.45) is 13.3. The number of hydrogen-bond acceptors (Lipinski definition) is 1. The molecule has 0 aliphatic heterocycles. The molecule has 0 radical (unpaired) electrons. The minimum absolute atomic E-state index is 0.0345. The Morgan fingerprint density at radius 2 is 1.32 bits per heavy atom. The van der Waals surface area contributed by atoms with Gasteiger partial charge in [-0.25, -0.2) is 0 Å². The van der Waals surface area contributed by atoms with E-state index in [0.717, 1.165) is 6.42 Å². The predicted molar refractivity (Wildman–Crippen MR) is 224 cm³/mol. The van der Waals surface area contributed by atoms with Crippen LogP contribution in [0.25, 0.3) is 27.5 Å². The van der Waals surface area contributed by atoms with Crippen molar-refractivity contribution in [2.24, 2.45) is 5.92 Å². The second-order valence-electron chi connectivity index (χ2n) is 16.5. The molecule has 53 heavy (non-hydrogen) atoms. The van der Waals surface area contributed by atoms with Gasteiger partial charge in [0.05, 0.1) is 5.69 Å². The predicted octanol–water partition coefficient (Wildman–Crippen LogP) is 13.6. The highest BCUT2D eigenvalue weighted by Gasteiger charge is 2.45. The highest BCUT2D eigenvalue weighted by molar-refractivity contribution is 6.04. The van der Waals surface area contributed by atoms with Crippen LogP contribution in [0.4, 0.5) is 11.4 Å². The molecule has 0 N–H and O–H groups in total. The fourth-order valence-electron chi connectivity index (χ4n) is 10.2. The number of allylic oxidation sites excluding steroid dienone is 7. The van der Waals surface area contributed by atoms with Crippen LogP contribution in [-0.2, 0) is 10.8 Å². The van der Waals surface area contributed by atoms with E-state index >= 15 is 0 Å². The van der Waals surface area contributed by atoms with E-state index in [-0.39, 0.29) is 10.8 Å². The van der Waals surface area contributed by atoms with Crippen molar-refractivity contribution in [2.45, 2.75) is 56.8 Å². The molecule has 0 spiro atoms. The fourth-order valence-corrected chi connectivity index (χ4v) is 10.2. The minimum Gasteiger partial charge on any atom is -0.310 e. The van der Waals surface area contributed by atoms with Crippen LogP contribution in [-0.4, -0.2) is 0 Å². The zero-order valence-corrected chi connectivity index (χ0v) is 31.1. The molecule has 3 atom stereocenters. The molecule has 258 valence electrons. The van der Waals surface area contributed by atoms with Crippen molar-refractivity contribution in [2.75, 3.05) is 4.90 Å². The molecule has 4 aliphatic carbocycles. The van der Waals surface area contributed by atoms with Gasteiger partial charge in [-0.1, -0.05) is 179 Å². The van der Waals surface area contributed by atoms with E-state index in [1.165, 1.54) is 77.9 Å². The molecule has 1 nitrogen and oxygen atoms in total. The second kappa shape index (κ2) is 11.9. The van der Waals surface area contributed by atoms with Crippen molar-refractivity contribution >= 4 is 27.7 Å². The van der Waals surface area contributed by atoms with E-state index in [1.54, 1.807) is 0 Å². The number of benzene rings is 6. The van der Waals surface area contributed by atoms with Gasteiger partial charge in [0.15, 0.2) is 0 Å². The van der Waals surface area contributed by atoms with Gasteiger partial charge in [0.1, 0.15) is 0 Å². The van der Waals surface area contributed by atoms with Crippen molar-refractivity contribution in [3.8, 4) is 11.1 Å². The first-order valence-electron chi connectivity index (χ1n) is 19.3. The summed E-state index contributed by atoms with van der Waals surface area (Å²) in [5.41, 5.74) is 16.1. The minimum atomic E-state index is -0.0345. The number of nitrogens with zero attached hydrogens (tertiary/aromatic N) is 1. The smallest absolute Gasteiger partial charge is 0.0546 e. The van der Waals surface area contributed by atoms with Gasteiger partial charge in [0, 0.05) is 34.2 Å². The van der Waals surface area contributed by atoms with Crippen LogP contribution >= 0.6 is 0 Å². The van der Waals surface area contributed by atoms with Gasteiger partial charge in [-0.05, 0) is 91.8 Å². The van der Waals surface area contributed by atoms with Crippen molar-refractivity contribution in [3.05, 3.63) is 209 Å². The molecule has 3 unspecified atom stereocenters. The summed E-state index contributed by atoms with van der Waals surface area (Å²) in [6, 6.07) is 51.9. The summed E-state index contributed by atoms with van der Waals surface area (Å²) in [4.78, 5) is 2.53. The van der Waals surface area contributed by atoms with Crippen LogP contribution in [0.5, 0.6) is 0 Å². The zero-order valence-electron chi connectivity index (χ0n) is 31.1. The van der Waals surface area contributed by atoms with Gasteiger partial charge in [-0.15, -0.1) is 0 Å². The van der Waals surface area contributed by atoms with Crippen LogP contribution in [0.3, 0.4) is 0 Å². The highest BCUT2D eigenvalue weighted by Crippen LogP contribution is 2.56. The molecule has 0 aromatic heterocycles. The van der Waals surface area contributed by atoms with Crippen LogP contribution in [0.2, 0.25) is 0 Å². The lowest BCUT2D eigenvalue weighted by atomic mass is 9.73. The average molecular weight is 684 g/mol. The SMILES string of the molecule is CC1(C)C2=CC(N(c3ccc(C4=CC5C(C=C4)c4ccccc4C5(C)C)cc3)c3ccc4ccccc4c3-c3ccccc3)=CCC2c2ccccc21. The maximum atomic E-state index is 2.54. The number of anilines is 2. The molecule has 0 fully saturated rings. The van der Waals surface area contributed by atoms with E-state index < -0.39 is 0 Å². The third kappa shape index (κ3) is 4.90. The first-order valence-corrected chi connectivity index (χ1v) is 19.3. The molecule has 0 saturated carbocycles. The summed E-state index contributed by atoms with van der Waals surface area (Å²) in [5.74, 6) is 1.29. The number of rotatable bonds is 5. The Morgan fingerprint density at radius 3 is 2.13 bits per heavy atom. The normalized spacial score (nSPS) is 21.5. The van der Waals surface area contributed by atoms with Crippen LogP contribution < -0.4 is 4.90 Å². The summed E-state index contributed by atoms with van der Waals surface area (Å²) in [6.45, 7) is 9.65. The van der Waals surface area contributed by atoms with E-state index in [9.17, 15) is 0 Å². The van der Waals surface area contributed by atoms with E-state index in [1.807, 2.05) is 0 Å². The van der Waals surface area contributed by atoms with E-state index in [0.29, 0.717) is 17.8 Å². The maximum Gasteiger partial charge on any atom is 0.0546 e. The molecule has 10 rings (SSSR count).